The van der Waals surface area contributed by atoms with Crippen molar-refractivity contribution in [1.82, 2.24) is 15.2 Å². The maximum Gasteiger partial charge on any atom is 0.273 e. The molecule has 0 spiro atoms. The normalized spacial score (nSPS) is 10.3. The molecule has 0 aliphatic rings. The van der Waals surface area contributed by atoms with Gasteiger partial charge in [-0.05, 0) is 42.8 Å². The van der Waals surface area contributed by atoms with Gasteiger partial charge in [0.25, 0.3) is 5.91 Å². The SMILES string of the molecule is Cc1cccc(NC(=O)c2cc(-c3ccccn3)n[nH]2)c1. The zero-order valence-corrected chi connectivity index (χ0v) is 11.5. The number of aromatic nitrogens is 3. The van der Waals surface area contributed by atoms with Crippen LogP contribution in [0.5, 0.6) is 0 Å². The third-order valence-corrected chi connectivity index (χ3v) is 3.03. The number of carbonyl (C=O) groups is 1. The van der Waals surface area contributed by atoms with E-state index in [0.717, 1.165) is 16.9 Å². The number of rotatable bonds is 3. The van der Waals surface area contributed by atoms with E-state index in [1.165, 1.54) is 0 Å². The van der Waals surface area contributed by atoms with E-state index in [1.54, 1.807) is 12.3 Å². The van der Waals surface area contributed by atoms with E-state index in [-0.39, 0.29) is 5.91 Å². The summed E-state index contributed by atoms with van der Waals surface area (Å²) in [6.45, 7) is 1.98. The summed E-state index contributed by atoms with van der Waals surface area (Å²) in [7, 11) is 0. The Kier molecular flexibility index (Phi) is 3.47. The van der Waals surface area contributed by atoms with Gasteiger partial charge in [0.1, 0.15) is 11.4 Å². The molecule has 0 aliphatic heterocycles. The minimum Gasteiger partial charge on any atom is -0.321 e. The van der Waals surface area contributed by atoms with Gasteiger partial charge in [0.15, 0.2) is 0 Å². The number of aromatic amines is 1. The number of anilines is 1. The van der Waals surface area contributed by atoms with Crippen LogP contribution in [-0.2, 0) is 0 Å². The van der Waals surface area contributed by atoms with Crippen molar-refractivity contribution in [2.24, 2.45) is 0 Å². The summed E-state index contributed by atoms with van der Waals surface area (Å²) < 4.78 is 0. The van der Waals surface area contributed by atoms with Crippen LogP contribution in [0.3, 0.4) is 0 Å². The van der Waals surface area contributed by atoms with Crippen LogP contribution in [-0.4, -0.2) is 21.1 Å². The first kappa shape index (κ1) is 13.1. The van der Waals surface area contributed by atoms with Crippen LogP contribution < -0.4 is 5.32 Å². The van der Waals surface area contributed by atoms with Gasteiger partial charge in [-0.25, -0.2) is 0 Å². The predicted molar refractivity (Wildman–Crippen MR) is 81.0 cm³/mol. The van der Waals surface area contributed by atoms with Gasteiger partial charge in [0, 0.05) is 11.9 Å². The van der Waals surface area contributed by atoms with Crippen LogP contribution in [0.15, 0.2) is 54.7 Å². The van der Waals surface area contributed by atoms with Gasteiger partial charge >= 0.3 is 0 Å². The number of carbonyl (C=O) groups excluding carboxylic acids is 1. The second-order valence-corrected chi connectivity index (χ2v) is 4.71. The number of pyridine rings is 1. The first-order valence-electron chi connectivity index (χ1n) is 6.57. The maximum atomic E-state index is 12.2. The summed E-state index contributed by atoms with van der Waals surface area (Å²) >= 11 is 0. The molecule has 3 aromatic rings. The molecule has 0 aliphatic carbocycles. The van der Waals surface area contributed by atoms with Gasteiger partial charge in [-0.15, -0.1) is 0 Å². The molecule has 0 saturated heterocycles. The highest BCUT2D eigenvalue weighted by Gasteiger charge is 2.11. The second-order valence-electron chi connectivity index (χ2n) is 4.71. The molecule has 2 heterocycles. The topological polar surface area (TPSA) is 70.7 Å². The first-order chi connectivity index (χ1) is 10.2. The molecule has 104 valence electrons. The minimum atomic E-state index is -0.227. The standard InChI is InChI=1S/C16H14N4O/c1-11-5-4-6-12(9-11)18-16(21)15-10-14(19-20-15)13-7-2-3-8-17-13/h2-10H,1H3,(H,18,21)(H,19,20). The first-order valence-corrected chi connectivity index (χ1v) is 6.57. The highest BCUT2D eigenvalue weighted by Crippen LogP contribution is 2.16. The molecule has 2 N–H and O–H groups in total. The Hall–Kier alpha value is -2.95. The fourth-order valence-electron chi connectivity index (χ4n) is 2.00. The van der Waals surface area contributed by atoms with E-state index in [2.05, 4.69) is 20.5 Å². The second kappa shape index (κ2) is 5.58. The summed E-state index contributed by atoms with van der Waals surface area (Å²) in [6, 6.07) is 14.9. The van der Waals surface area contributed by atoms with Crippen LogP contribution in [0, 0.1) is 6.92 Å². The number of benzene rings is 1. The molecule has 3 rings (SSSR count). The molecule has 0 fully saturated rings. The molecule has 0 atom stereocenters. The molecule has 0 saturated carbocycles. The number of amides is 1. The van der Waals surface area contributed by atoms with Crippen LogP contribution in [0.25, 0.3) is 11.4 Å². The highest BCUT2D eigenvalue weighted by atomic mass is 16.1. The molecule has 5 nitrogen and oxygen atoms in total. The molecule has 0 bridgehead atoms. The van der Waals surface area contributed by atoms with E-state index >= 15 is 0 Å². The van der Waals surface area contributed by atoms with E-state index in [4.69, 9.17) is 0 Å². The van der Waals surface area contributed by atoms with Crippen LogP contribution in [0.1, 0.15) is 16.1 Å². The molecular weight excluding hydrogens is 264 g/mol. The fraction of sp³-hybridized carbons (Fsp3) is 0.0625. The minimum absolute atomic E-state index is 0.227. The molecule has 0 unspecified atom stereocenters. The van der Waals surface area contributed by atoms with Crippen molar-refractivity contribution < 1.29 is 4.79 Å². The summed E-state index contributed by atoms with van der Waals surface area (Å²) in [5.41, 5.74) is 3.62. The quantitative estimate of drug-likeness (QED) is 0.773. The van der Waals surface area contributed by atoms with E-state index in [9.17, 15) is 4.79 Å². The van der Waals surface area contributed by atoms with Crippen LogP contribution in [0.2, 0.25) is 0 Å². The van der Waals surface area contributed by atoms with Gasteiger partial charge in [-0.2, -0.15) is 5.10 Å². The van der Waals surface area contributed by atoms with Crippen molar-refractivity contribution in [3.8, 4) is 11.4 Å². The highest BCUT2D eigenvalue weighted by molar-refractivity contribution is 6.03. The van der Waals surface area contributed by atoms with Crippen molar-refractivity contribution in [3.05, 3.63) is 66.0 Å². The smallest absolute Gasteiger partial charge is 0.273 e. The van der Waals surface area contributed by atoms with Crippen molar-refractivity contribution in [1.29, 1.82) is 0 Å². The van der Waals surface area contributed by atoms with Crippen molar-refractivity contribution >= 4 is 11.6 Å². The van der Waals surface area contributed by atoms with E-state index in [0.29, 0.717) is 11.4 Å². The fourth-order valence-corrected chi connectivity index (χ4v) is 2.00. The molecule has 1 amide bonds. The molecule has 2 aromatic heterocycles. The third kappa shape index (κ3) is 2.97. The Balaban J connectivity index is 1.78. The van der Waals surface area contributed by atoms with Gasteiger partial charge < -0.3 is 5.32 Å². The monoisotopic (exact) mass is 278 g/mol. The summed E-state index contributed by atoms with van der Waals surface area (Å²) in [5.74, 6) is -0.227. The molecule has 21 heavy (non-hydrogen) atoms. The number of nitrogens with one attached hydrogen (secondary N) is 2. The molecule has 1 aromatic carbocycles. The lowest BCUT2D eigenvalue weighted by Crippen LogP contribution is -2.12. The number of hydrogen-bond acceptors (Lipinski definition) is 3. The Morgan fingerprint density at radius 3 is 2.76 bits per heavy atom. The maximum absolute atomic E-state index is 12.2. The van der Waals surface area contributed by atoms with Gasteiger partial charge in [-0.1, -0.05) is 18.2 Å². The van der Waals surface area contributed by atoms with E-state index in [1.807, 2.05) is 49.4 Å². The Morgan fingerprint density at radius 1 is 1.10 bits per heavy atom. The van der Waals surface area contributed by atoms with Crippen LogP contribution >= 0.6 is 0 Å². The largest absolute Gasteiger partial charge is 0.321 e. The Labute approximate surface area is 122 Å². The van der Waals surface area contributed by atoms with Crippen molar-refractivity contribution in [3.63, 3.8) is 0 Å². The lowest BCUT2D eigenvalue weighted by molar-refractivity contribution is 0.102. The lowest BCUT2D eigenvalue weighted by Gasteiger charge is -2.03. The van der Waals surface area contributed by atoms with Crippen molar-refractivity contribution in [2.45, 2.75) is 6.92 Å². The van der Waals surface area contributed by atoms with Crippen molar-refractivity contribution in [2.75, 3.05) is 5.32 Å². The van der Waals surface area contributed by atoms with E-state index < -0.39 is 0 Å². The average Bonchev–Trinajstić information content (AvgIpc) is 2.98. The lowest BCUT2D eigenvalue weighted by atomic mass is 10.2. The van der Waals surface area contributed by atoms with Gasteiger partial charge in [-0.3, -0.25) is 14.9 Å². The number of aryl methyl sites for hydroxylation is 1. The van der Waals surface area contributed by atoms with Gasteiger partial charge in [0.2, 0.25) is 0 Å². The molecular formula is C16H14N4O. The number of nitrogens with zero attached hydrogens (tertiary/aromatic N) is 2. The zero-order valence-electron chi connectivity index (χ0n) is 11.5. The predicted octanol–water partition coefficient (Wildman–Crippen LogP) is 3.03. The molecule has 5 heteroatoms. The summed E-state index contributed by atoms with van der Waals surface area (Å²) in [6.07, 6.45) is 1.69. The van der Waals surface area contributed by atoms with Crippen LogP contribution in [0.4, 0.5) is 5.69 Å². The molecule has 0 radical (unpaired) electrons. The summed E-state index contributed by atoms with van der Waals surface area (Å²) in [4.78, 5) is 16.4. The number of hydrogen-bond donors (Lipinski definition) is 2. The Bertz CT molecular complexity index is 765. The average molecular weight is 278 g/mol. The third-order valence-electron chi connectivity index (χ3n) is 3.03. The zero-order chi connectivity index (χ0) is 14.7. The summed E-state index contributed by atoms with van der Waals surface area (Å²) in [5, 5.41) is 9.69. The van der Waals surface area contributed by atoms with Gasteiger partial charge in [0.05, 0.1) is 5.69 Å². The number of H-pyrrole nitrogens is 1. The Morgan fingerprint density at radius 2 is 2.00 bits per heavy atom.